The van der Waals surface area contributed by atoms with Crippen LogP contribution >= 0.6 is 0 Å². The molecule has 0 radical (unpaired) electrons. The number of nitrogens with zero attached hydrogens (tertiary/aromatic N) is 3. The average Bonchev–Trinajstić information content (AvgIpc) is 3.15. The molecule has 4 aromatic rings. The van der Waals surface area contributed by atoms with Gasteiger partial charge in [0.25, 0.3) is 0 Å². The highest BCUT2D eigenvalue weighted by Gasteiger charge is 2.13. The summed E-state index contributed by atoms with van der Waals surface area (Å²) in [5.41, 5.74) is 6.73. The molecule has 0 amide bonds. The lowest BCUT2D eigenvalue weighted by Gasteiger charge is -2.14. The molecule has 5 heteroatoms. The van der Waals surface area contributed by atoms with E-state index in [9.17, 15) is 5.26 Å². The zero-order valence-electron chi connectivity index (χ0n) is 19.4. The van der Waals surface area contributed by atoms with Crippen molar-refractivity contribution in [3.8, 4) is 17.6 Å². The van der Waals surface area contributed by atoms with Crippen LogP contribution < -0.4 is 9.47 Å². The Hall–Kier alpha value is -4.04. The van der Waals surface area contributed by atoms with Crippen LogP contribution in [0.2, 0.25) is 0 Å². The molecular weight excluding hydrogens is 410 g/mol. The number of hydrogen-bond donors (Lipinski definition) is 0. The van der Waals surface area contributed by atoms with Crippen molar-refractivity contribution in [2.24, 2.45) is 7.05 Å². The van der Waals surface area contributed by atoms with E-state index in [0.717, 1.165) is 22.2 Å². The summed E-state index contributed by atoms with van der Waals surface area (Å²) in [4.78, 5) is 4.65. The van der Waals surface area contributed by atoms with Crippen molar-refractivity contribution in [2.75, 3.05) is 6.61 Å². The Labute approximate surface area is 194 Å². The summed E-state index contributed by atoms with van der Waals surface area (Å²) in [5, 5.41) is 9.85. The Bertz CT molecular complexity index is 1380. The SMILES string of the molecule is CCOc1cc(/C=C(/C#N)c2nc3ccccc3n2C)ccc1OCc1cc(C)ccc1C. The van der Waals surface area contributed by atoms with Gasteiger partial charge in [0.2, 0.25) is 0 Å². The van der Waals surface area contributed by atoms with E-state index in [1.165, 1.54) is 11.1 Å². The Morgan fingerprint density at radius 1 is 1.03 bits per heavy atom. The molecular formula is C28H27N3O2. The molecule has 166 valence electrons. The highest BCUT2D eigenvalue weighted by atomic mass is 16.5. The van der Waals surface area contributed by atoms with Crippen molar-refractivity contribution in [3.05, 3.63) is 88.7 Å². The number of fused-ring (bicyclic) bond motifs is 1. The second kappa shape index (κ2) is 9.62. The first kappa shape index (κ1) is 22.2. The lowest BCUT2D eigenvalue weighted by molar-refractivity contribution is 0.269. The van der Waals surface area contributed by atoms with Gasteiger partial charge in [-0.1, -0.05) is 42.0 Å². The first-order valence-electron chi connectivity index (χ1n) is 11.0. The molecule has 0 saturated heterocycles. The molecule has 1 heterocycles. The fourth-order valence-corrected chi connectivity index (χ4v) is 3.81. The Morgan fingerprint density at radius 3 is 2.61 bits per heavy atom. The third-order valence-electron chi connectivity index (χ3n) is 5.61. The van der Waals surface area contributed by atoms with Gasteiger partial charge in [-0.05, 0) is 67.8 Å². The van der Waals surface area contributed by atoms with Gasteiger partial charge in [-0.25, -0.2) is 4.98 Å². The molecule has 0 spiro atoms. The van der Waals surface area contributed by atoms with Crippen molar-refractivity contribution >= 4 is 22.7 Å². The third kappa shape index (κ3) is 4.75. The topological polar surface area (TPSA) is 60.1 Å². The zero-order chi connectivity index (χ0) is 23.4. The number of ether oxygens (including phenoxy) is 2. The summed E-state index contributed by atoms with van der Waals surface area (Å²) in [5.74, 6) is 1.96. The van der Waals surface area contributed by atoms with Gasteiger partial charge in [-0.15, -0.1) is 0 Å². The molecule has 0 unspecified atom stereocenters. The largest absolute Gasteiger partial charge is 0.490 e. The van der Waals surface area contributed by atoms with E-state index in [2.05, 4.69) is 43.1 Å². The van der Waals surface area contributed by atoms with Crippen LogP contribution in [0.1, 0.15) is 35.0 Å². The average molecular weight is 438 g/mol. The summed E-state index contributed by atoms with van der Waals surface area (Å²) < 4.78 is 13.9. The van der Waals surface area contributed by atoms with Crippen LogP contribution in [0.25, 0.3) is 22.7 Å². The summed E-state index contributed by atoms with van der Waals surface area (Å²) >= 11 is 0. The predicted molar refractivity (Wildman–Crippen MR) is 132 cm³/mol. The Balaban J connectivity index is 1.64. The van der Waals surface area contributed by atoms with E-state index in [4.69, 9.17) is 9.47 Å². The van der Waals surface area contributed by atoms with Crippen LogP contribution in [0.3, 0.4) is 0 Å². The predicted octanol–water partition coefficient (Wildman–Crippen LogP) is 6.23. The summed E-state index contributed by atoms with van der Waals surface area (Å²) in [6.45, 7) is 7.08. The van der Waals surface area contributed by atoms with Gasteiger partial charge in [-0.3, -0.25) is 0 Å². The van der Waals surface area contributed by atoms with Gasteiger partial charge in [0.05, 0.1) is 23.2 Å². The molecule has 4 rings (SSSR count). The van der Waals surface area contributed by atoms with E-state index >= 15 is 0 Å². The Kier molecular flexibility index (Phi) is 6.46. The molecule has 5 nitrogen and oxygen atoms in total. The molecule has 0 fully saturated rings. The quantitative estimate of drug-likeness (QED) is 0.322. The van der Waals surface area contributed by atoms with Gasteiger partial charge in [0.15, 0.2) is 17.3 Å². The van der Waals surface area contributed by atoms with Crippen molar-refractivity contribution in [3.63, 3.8) is 0 Å². The number of para-hydroxylation sites is 2. The molecule has 0 aliphatic rings. The third-order valence-corrected chi connectivity index (χ3v) is 5.61. The second-order valence-electron chi connectivity index (χ2n) is 8.01. The van der Waals surface area contributed by atoms with E-state index in [-0.39, 0.29) is 0 Å². The van der Waals surface area contributed by atoms with E-state index in [0.29, 0.717) is 36.1 Å². The highest BCUT2D eigenvalue weighted by Crippen LogP contribution is 2.31. The van der Waals surface area contributed by atoms with Crippen molar-refractivity contribution in [1.29, 1.82) is 5.26 Å². The standard InChI is InChI=1S/C28H27N3O2/c1-5-32-27-16-21(12-13-26(27)33-18-23-14-19(2)10-11-20(23)3)15-22(17-29)28-30-24-8-6-7-9-25(24)31(28)4/h6-16H,5,18H2,1-4H3/b22-15-. The maximum Gasteiger partial charge on any atom is 0.161 e. The molecule has 1 aromatic heterocycles. The zero-order valence-corrected chi connectivity index (χ0v) is 19.4. The van der Waals surface area contributed by atoms with E-state index in [1.807, 2.05) is 67.1 Å². The second-order valence-corrected chi connectivity index (χ2v) is 8.01. The lowest BCUT2D eigenvalue weighted by atomic mass is 10.1. The number of hydrogen-bond acceptors (Lipinski definition) is 4. The molecule has 0 bridgehead atoms. The molecule has 0 saturated carbocycles. The minimum Gasteiger partial charge on any atom is -0.490 e. The van der Waals surface area contributed by atoms with Crippen molar-refractivity contribution < 1.29 is 9.47 Å². The smallest absolute Gasteiger partial charge is 0.161 e. The monoisotopic (exact) mass is 437 g/mol. The van der Waals surface area contributed by atoms with Crippen molar-refractivity contribution in [2.45, 2.75) is 27.4 Å². The highest BCUT2D eigenvalue weighted by molar-refractivity contribution is 5.91. The lowest BCUT2D eigenvalue weighted by Crippen LogP contribution is -2.02. The Morgan fingerprint density at radius 2 is 1.85 bits per heavy atom. The minimum absolute atomic E-state index is 0.464. The number of allylic oxidation sites excluding steroid dienone is 1. The van der Waals surface area contributed by atoms with Gasteiger partial charge in [0.1, 0.15) is 12.7 Å². The first-order valence-corrected chi connectivity index (χ1v) is 11.0. The van der Waals surface area contributed by atoms with Gasteiger partial charge >= 0.3 is 0 Å². The molecule has 0 N–H and O–H groups in total. The number of nitriles is 1. The van der Waals surface area contributed by atoms with Crippen LogP contribution in [0.5, 0.6) is 11.5 Å². The minimum atomic E-state index is 0.464. The van der Waals surface area contributed by atoms with Crippen molar-refractivity contribution in [1.82, 2.24) is 9.55 Å². The van der Waals surface area contributed by atoms with Gasteiger partial charge < -0.3 is 14.0 Å². The number of imidazole rings is 1. The summed E-state index contributed by atoms with van der Waals surface area (Å²) in [6.07, 6.45) is 1.83. The van der Waals surface area contributed by atoms with Gasteiger partial charge in [-0.2, -0.15) is 5.26 Å². The fourth-order valence-electron chi connectivity index (χ4n) is 3.81. The number of rotatable bonds is 7. The maximum absolute atomic E-state index is 9.85. The number of aromatic nitrogens is 2. The molecule has 33 heavy (non-hydrogen) atoms. The summed E-state index contributed by atoms with van der Waals surface area (Å²) in [6, 6.07) is 22.2. The van der Waals surface area contributed by atoms with E-state index in [1.54, 1.807) is 0 Å². The normalized spacial score (nSPS) is 11.4. The summed E-state index contributed by atoms with van der Waals surface area (Å²) in [7, 11) is 1.92. The molecule has 0 aliphatic carbocycles. The number of aryl methyl sites for hydroxylation is 3. The van der Waals surface area contributed by atoms with Crippen LogP contribution in [0.15, 0.2) is 60.7 Å². The van der Waals surface area contributed by atoms with Crippen LogP contribution in [-0.2, 0) is 13.7 Å². The van der Waals surface area contributed by atoms with Gasteiger partial charge in [0, 0.05) is 7.05 Å². The molecule has 3 aromatic carbocycles. The van der Waals surface area contributed by atoms with Crippen LogP contribution in [0.4, 0.5) is 0 Å². The molecule has 0 aliphatic heterocycles. The van der Waals surface area contributed by atoms with Crippen LogP contribution in [0, 0.1) is 25.2 Å². The maximum atomic E-state index is 9.85. The number of benzene rings is 3. The first-order chi connectivity index (χ1) is 16.0. The fraction of sp³-hybridized carbons (Fsp3) is 0.214. The van der Waals surface area contributed by atoms with Crippen LogP contribution in [-0.4, -0.2) is 16.2 Å². The molecule has 0 atom stereocenters. The van der Waals surface area contributed by atoms with E-state index < -0.39 is 0 Å².